The summed E-state index contributed by atoms with van der Waals surface area (Å²) < 4.78 is 11.0. The first kappa shape index (κ1) is 12.7. The van der Waals surface area contributed by atoms with Crippen LogP contribution in [0.3, 0.4) is 0 Å². The maximum Gasteiger partial charge on any atom is 0.220 e. The second-order valence-corrected chi connectivity index (χ2v) is 3.85. The highest BCUT2D eigenvalue weighted by molar-refractivity contribution is 5.18. The van der Waals surface area contributed by atoms with Crippen LogP contribution in [0.1, 0.15) is 20.8 Å². The molecule has 1 heterocycles. The largest absolute Gasteiger partial charge is 0.475 e. The predicted octanol–water partition coefficient (Wildman–Crippen LogP) is 1.25. The molecule has 0 spiro atoms. The molecule has 1 rings (SSSR count). The number of hydrogen-bond donors (Lipinski definition) is 1. The second kappa shape index (κ2) is 6.27. The van der Waals surface area contributed by atoms with Gasteiger partial charge in [-0.25, -0.2) is 9.97 Å². The normalized spacial score (nSPS) is 12.6. The van der Waals surface area contributed by atoms with E-state index in [2.05, 4.69) is 15.3 Å². The van der Waals surface area contributed by atoms with Crippen LogP contribution in [-0.4, -0.2) is 35.8 Å². The van der Waals surface area contributed by atoms with Crippen molar-refractivity contribution in [2.24, 2.45) is 0 Å². The summed E-state index contributed by atoms with van der Waals surface area (Å²) in [5, 5.41) is 3.03. The van der Waals surface area contributed by atoms with E-state index in [1.165, 1.54) is 6.33 Å². The summed E-state index contributed by atoms with van der Waals surface area (Å²) in [6, 6.07) is 1.70. The molecule has 1 atom stereocenters. The van der Waals surface area contributed by atoms with Crippen LogP contribution in [0, 0.1) is 0 Å². The van der Waals surface area contributed by atoms with E-state index in [0.717, 1.165) is 6.54 Å². The van der Waals surface area contributed by atoms with Gasteiger partial charge in [-0.1, -0.05) is 0 Å². The monoisotopic (exact) mass is 225 g/mol. The summed E-state index contributed by atoms with van der Waals surface area (Å²) >= 11 is 0. The summed E-state index contributed by atoms with van der Waals surface area (Å²) in [5.74, 6) is 1.07. The van der Waals surface area contributed by atoms with Crippen LogP contribution in [0.15, 0.2) is 12.4 Å². The van der Waals surface area contributed by atoms with Crippen LogP contribution in [0.4, 0.5) is 0 Å². The van der Waals surface area contributed by atoms with Crippen molar-refractivity contribution in [1.29, 1.82) is 0 Å². The Labute approximate surface area is 96.2 Å². The van der Waals surface area contributed by atoms with Gasteiger partial charge in [-0.15, -0.1) is 0 Å². The lowest BCUT2D eigenvalue weighted by atomic mass is 10.4. The zero-order chi connectivity index (χ0) is 12.0. The highest BCUT2D eigenvalue weighted by atomic mass is 16.5. The summed E-state index contributed by atoms with van der Waals surface area (Å²) in [7, 11) is 1.88. The van der Waals surface area contributed by atoms with E-state index in [9.17, 15) is 0 Å². The summed E-state index contributed by atoms with van der Waals surface area (Å²) in [6.07, 6.45) is 1.60. The lowest BCUT2D eigenvalue weighted by Crippen LogP contribution is -2.26. The molecule has 0 saturated heterocycles. The van der Waals surface area contributed by atoms with Crippen molar-refractivity contribution in [2.75, 3.05) is 13.6 Å². The van der Waals surface area contributed by atoms with Crippen molar-refractivity contribution in [1.82, 2.24) is 15.3 Å². The molecule has 1 aromatic rings. The minimum Gasteiger partial charge on any atom is -0.475 e. The van der Waals surface area contributed by atoms with E-state index in [-0.39, 0.29) is 12.2 Å². The summed E-state index contributed by atoms with van der Waals surface area (Å²) in [5.41, 5.74) is 0. The van der Waals surface area contributed by atoms with Gasteiger partial charge >= 0.3 is 0 Å². The summed E-state index contributed by atoms with van der Waals surface area (Å²) in [6.45, 7) is 6.64. The Hall–Kier alpha value is -1.36. The fourth-order valence-corrected chi connectivity index (χ4v) is 1.23. The average Bonchev–Trinajstić information content (AvgIpc) is 2.17. The van der Waals surface area contributed by atoms with Gasteiger partial charge in [0.05, 0.1) is 12.2 Å². The molecule has 0 aliphatic rings. The van der Waals surface area contributed by atoms with Crippen molar-refractivity contribution in [3.8, 4) is 11.8 Å². The Morgan fingerprint density at radius 1 is 1.19 bits per heavy atom. The standard InChI is InChI=1S/C11H19N3O2/c1-8(2)15-10-5-11(14-7-13-10)16-9(3)6-12-4/h5,7-9,12H,6H2,1-4H3. The average molecular weight is 225 g/mol. The van der Waals surface area contributed by atoms with Crippen molar-refractivity contribution in [3.05, 3.63) is 12.4 Å². The number of rotatable bonds is 6. The van der Waals surface area contributed by atoms with Gasteiger partial charge in [-0.2, -0.15) is 0 Å². The number of likely N-dealkylation sites (N-methyl/N-ethyl adjacent to an activating group) is 1. The fraction of sp³-hybridized carbons (Fsp3) is 0.636. The number of nitrogens with zero attached hydrogens (tertiary/aromatic N) is 2. The molecule has 0 aliphatic carbocycles. The molecule has 1 N–H and O–H groups in total. The third kappa shape index (κ3) is 4.44. The van der Waals surface area contributed by atoms with Crippen molar-refractivity contribution in [2.45, 2.75) is 33.0 Å². The van der Waals surface area contributed by atoms with Gasteiger partial charge in [-0.3, -0.25) is 0 Å². The van der Waals surface area contributed by atoms with Gasteiger partial charge < -0.3 is 14.8 Å². The number of ether oxygens (including phenoxy) is 2. The zero-order valence-electron chi connectivity index (χ0n) is 10.2. The Balaban J connectivity index is 2.59. The predicted molar refractivity (Wildman–Crippen MR) is 61.8 cm³/mol. The van der Waals surface area contributed by atoms with E-state index in [1.54, 1.807) is 6.07 Å². The number of aromatic nitrogens is 2. The van der Waals surface area contributed by atoms with Gasteiger partial charge in [0.15, 0.2) is 0 Å². The molecule has 1 aromatic heterocycles. The van der Waals surface area contributed by atoms with E-state index >= 15 is 0 Å². The Kier molecular flexibility index (Phi) is 4.98. The highest BCUT2D eigenvalue weighted by Crippen LogP contribution is 2.15. The SMILES string of the molecule is CNCC(C)Oc1cc(OC(C)C)ncn1. The minimum absolute atomic E-state index is 0.0619. The molecular weight excluding hydrogens is 206 g/mol. The molecular formula is C11H19N3O2. The van der Waals surface area contributed by atoms with Gasteiger partial charge in [0.1, 0.15) is 12.4 Å². The molecule has 0 aliphatic heterocycles. The zero-order valence-corrected chi connectivity index (χ0v) is 10.2. The molecule has 90 valence electrons. The van der Waals surface area contributed by atoms with Crippen LogP contribution in [0.25, 0.3) is 0 Å². The van der Waals surface area contributed by atoms with E-state index in [0.29, 0.717) is 11.8 Å². The lowest BCUT2D eigenvalue weighted by Gasteiger charge is -2.14. The van der Waals surface area contributed by atoms with Crippen LogP contribution in [0.2, 0.25) is 0 Å². The first-order chi connectivity index (χ1) is 7.61. The Bertz CT molecular complexity index is 318. The minimum atomic E-state index is 0.0619. The third-order valence-corrected chi connectivity index (χ3v) is 1.79. The molecule has 0 fully saturated rings. The topological polar surface area (TPSA) is 56.3 Å². The van der Waals surface area contributed by atoms with Crippen LogP contribution < -0.4 is 14.8 Å². The number of hydrogen-bond acceptors (Lipinski definition) is 5. The smallest absolute Gasteiger partial charge is 0.220 e. The van der Waals surface area contributed by atoms with Gasteiger partial charge in [0.25, 0.3) is 0 Å². The van der Waals surface area contributed by atoms with Crippen LogP contribution >= 0.6 is 0 Å². The molecule has 5 nitrogen and oxygen atoms in total. The van der Waals surface area contributed by atoms with Crippen molar-refractivity contribution in [3.63, 3.8) is 0 Å². The lowest BCUT2D eigenvalue weighted by molar-refractivity contribution is 0.203. The number of nitrogens with one attached hydrogen (secondary N) is 1. The first-order valence-corrected chi connectivity index (χ1v) is 5.41. The van der Waals surface area contributed by atoms with E-state index in [4.69, 9.17) is 9.47 Å². The molecule has 1 unspecified atom stereocenters. The maximum absolute atomic E-state index is 5.58. The Morgan fingerprint density at radius 3 is 2.38 bits per heavy atom. The van der Waals surface area contributed by atoms with Crippen LogP contribution in [-0.2, 0) is 0 Å². The van der Waals surface area contributed by atoms with Crippen molar-refractivity contribution < 1.29 is 9.47 Å². The van der Waals surface area contributed by atoms with Gasteiger partial charge in [-0.05, 0) is 27.8 Å². The molecule has 0 aromatic carbocycles. The molecule has 5 heteroatoms. The third-order valence-electron chi connectivity index (χ3n) is 1.79. The van der Waals surface area contributed by atoms with E-state index in [1.807, 2.05) is 27.8 Å². The second-order valence-electron chi connectivity index (χ2n) is 3.85. The first-order valence-electron chi connectivity index (χ1n) is 5.41. The highest BCUT2D eigenvalue weighted by Gasteiger charge is 2.06. The van der Waals surface area contributed by atoms with E-state index < -0.39 is 0 Å². The molecule has 0 bridgehead atoms. The molecule has 0 radical (unpaired) electrons. The van der Waals surface area contributed by atoms with Gasteiger partial charge in [0.2, 0.25) is 11.8 Å². The summed E-state index contributed by atoms with van der Waals surface area (Å²) in [4.78, 5) is 8.03. The quantitative estimate of drug-likeness (QED) is 0.789. The van der Waals surface area contributed by atoms with Gasteiger partial charge in [0, 0.05) is 6.54 Å². The Morgan fingerprint density at radius 2 is 1.81 bits per heavy atom. The molecule has 0 saturated carbocycles. The maximum atomic E-state index is 5.58. The fourth-order valence-electron chi connectivity index (χ4n) is 1.23. The van der Waals surface area contributed by atoms with Crippen molar-refractivity contribution >= 4 is 0 Å². The van der Waals surface area contributed by atoms with Crippen LogP contribution in [0.5, 0.6) is 11.8 Å². The molecule has 0 amide bonds. The molecule has 16 heavy (non-hydrogen) atoms.